The van der Waals surface area contributed by atoms with Crippen molar-refractivity contribution in [3.63, 3.8) is 0 Å². The largest absolute Gasteiger partial charge is 0.480 e. The van der Waals surface area contributed by atoms with E-state index >= 15 is 0 Å². The molecule has 0 bridgehead atoms. The number of hydrogen-bond acceptors (Lipinski definition) is 4. The van der Waals surface area contributed by atoms with E-state index in [4.69, 9.17) is 11.2 Å². The van der Waals surface area contributed by atoms with Crippen LogP contribution in [0.1, 0.15) is 24.0 Å². The second-order valence-electron chi connectivity index (χ2n) is 5.69. The fourth-order valence-electron chi connectivity index (χ4n) is 2.22. The summed E-state index contributed by atoms with van der Waals surface area (Å²) in [6.07, 6.45) is 6.75. The normalized spacial score (nSPS) is 10.2. The predicted molar refractivity (Wildman–Crippen MR) is 106 cm³/mol. The van der Waals surface area contributed by atoms with Gasteiger partial charge in [-0.25, -0.2) is 5.43 Å². The number of nitrogens with one attached hydrogen (secondary N) is 2. The van der Waals surface area contributed by atoms with Gasteiger partial charge in [-0.1, -0.05) is 36.3 Å². The van der Waals surface area contributed by atoms with Crippen LogP contribution in [0.15, 0.2) is 53.6 Å². The Bertz CT molecular complexity index is 869. The topological polar surface area (TPSA) is 79.8 Å². The number of carbonyl (C=O) groups excluding carboxylic acids is 2. The van der Waals surface area contributed by atoms with Crippen LogP contribution < -0.4 is 15.5 Å². The molecular weight excluding hydrogens is 342 g/mol. The number of benzene rings is 2. The van der Waals surface area contributed by atoms with Crippen molar-refractivity contribution >= 4 is 23.7 Å². The lowest BCUT2D eigenvalue weighted by atomic mass is 10.2. The van der Waals surface area contributed by atoms with Crippen LogP contribution in [0.25, 0.3) is 0 Å². The third-order valence-corrected chi connectivity index (χ3v) is 3.62. The van der Waals surface area contributed by atoms with Crippen molar-refractivity contribution in [2.45, 2.75) is 19.8 Å². The van der Waals surface area contributed by atoms with Crippen LogP contribution in [-0.2, 0) is 9.59 Å². The molecule has 0 saturated carbocycles. The van der Waals surface area contributed by atoms with E-state index in [2.05, 4.69) is 21.8 Å². The molecule has 0 aliphatic heterocycles. The summed E-state index contributed by atoms with van der Waals surface area (Å²) in [6, 6.07) is 14.6. The highest BCUT2D eigenvalue weighted by Crippen LogP contribution is 2.15. The standard InChI is InChI=1S/C21H21N3O3/c1-3-14-27-19-11-7-5-9-17(19)15-22-24-21(26)13-12-20(25)23-18-10-6-4-8-16(18)2/h1,4-11,15H,12-14H2,2H3,(H,23,25)(H,24,26). The zero-order valence-corrected chi connectivity index (χ0v) is 15.1. The number of para-hydroxylation sites is 2. The molecule has 2 aromatic carbocycles. The lowest BCUT2D eigenvalue weighted by Gasteiger charge is -2.07. The number of amides is 2. The van der Waals surface area contributed by atoms with Crippen molar-refractivity contribution in [1.29, 1.82) is 0 Å². The number of hydrazone groups is 1. The molecule has 2 N–H and O–H groups in total. The number of aryl methyl sites for hydroxylation is 1. The summed E-state index contributed by atoms with van der Waals surface area (Å²) in [5.41, 5.74) is 4.79. The highest BCUT2D eigenvalue weighted by molar-refractivity contribution is 5.94. The van der Waals surface area contributed by atoms with Crippen molar-refractivity contribution < 1.29 is 14.3 Å². The van der Waals surface area contributed by atoms with E-state index in [0.29, 0.717) is 11.3 Å². The lowest BCUT2D eigenvalue weighted by molar-refractivity contribution is -0.124. The van der Waals surface area contributed by atoms with E-state index in [0.717, 1.165) is 11.3 Å². The number of ether oxygens (including phenoxy) is 1. The van der Waals surface area contributed by atoms with Crippen molar-refractivity contribution in [3.05, 3.63) is 59.7 Å². The van der Waals surface area contributed by atoms with Gasteiger partial charge in [0.25, 0.3) is 0 Å². The van der Waals surface area contributed by atoms with Gasteiger partial charge in [-0.3, -0.25) is 9.59 Å². The summed E-state index contributed by atoms with van der Waals surface area (Å²) < 4.78 is 5.40. The first-order chi connectivity index (χ1) is 13.1. The molecule has 0 heterocycles. The molecule has 0 aromatic heterocycles. The van der Waals surface area contributed by atoms with Crippen molar-refractivity contribution in [2.75, 3.05) is 11.9 Å². The molecule has 0 radical (unpaired) electrons. The molecule has 0 spiro atoms. The van der Waals surface area contributed by atoms with Gasteiger partial charge in [0.1, 0.15) is 12.4 Å². The van der Waals surface area contributed by atoms with Crippen molar-refractivity contribution in [2.24, 2.45) is 5.10 Å². The Labute approximate surface area is 158 Å². The first-order valence-corrected chi connectivity index (χ1v) is 8.43. The average molecular weight is 363 g/mol. The van der Waals surface area contributed by atoms with Crippen LogP contribution in [0.5, 0.6) is 5.75 Å². The summed E-state index contributed by atoms with van der Waals surface area (Å²) in [5.74, 6) is 2.39. The first-order valence-electron chi connectivity index (χ1n) is 8.43. The van der Waals surface area contributed by atoms with Crippen LogP contribution in [-0.4, -0.2) is 24.6 Å². The third-order valence-electron chi connectivity index (χ3n) is 3.62. The molecule has 2 amide bonds. The number of nitrogens with zero attached hydrogens (tertiary/aromatic N) is 1. The molecule has 0 saturated heterocycles. The highest BCUT2D eigenvalue weighted by atomic mass is 16.5. The molecule has 0 aliphatic carbocycles. The van der Waals surface area contributed by atoms with Gasteiger partial charge < -0.3 is 10.1 Å². The fourth-order valence-corrected chi connectivity index (χ4v) is 2.22. The van der Waals surface area contributed by atoms with E-state index in [9.17, 15) is 9.59 Å². The van der Waals surface area contributed by atoms with E-state index in [1.807, 2.05) is 43.3 Å². The minimum absolute atomic E-state index is 0.0320. The van der Waals surface area contributed by atoms with Crippen LogP contribution in [0.4, 0.5) is 5.69 Å². The molecule has 0 atom stereocenters. The Morgan fingerprint density at radius 3 is 2.59 bits per heavy atom. The Hall–Kier alpha value is -3.59. The minimum atomic E-state index is -0.354. The molecule has 6 heteroatoms. The van der Waals surface area contributed by atoms with Gasteiger partial charge in [0.15, 0.2) is 0 Å². The Morgan fingerprint density at radius 2 is 1.81 bits per heavy atom. The van der Waals surface area contributed by atoms with E-state index in [-0.39, 0.29) is 31.3 Å². The van der Waals surface area contributed by atoms with Gasteiger partial charge in [0.2, 0.25) is 11.8 Å². The lowest BCUT2D eigenvalue weighted by Crippen LogP contribution is -2.20. The Morgan fingerprint density at radius 1 is 1.11 bits per heavy atom. The maximum atomic E-state index is 11.9. The summed E-state index contributed by atoms with van der Waals surface area (Å²) in [5, 5.41) is 6.68. The van der Waals surface area contributed by atoms with Crippen LogP contribution >= 0.6 is 0 Å². The molecular formula is C21H21N3O3. The smallest absolute Gasteiger partial charge is 0.240 e. The molecule has 2 rings (SSSR count). The van der Waals surface area contributed by atoms with Gasteiger partial charge in [0, 0.05) is 24.1 Å². The molecule has 6 nitrogen and oxygen atoms in total. The molecule has 138 valence electrons. The summed E-state index contributed by atoms with van der Waals surface area (Å²) in [4.78, 5) is 23.8. The molecule has 0 aliphatic rings. The SMILES string of the molecule is C#CCOc1ccccc1C=NNC(=O)CCC(=O)Nc1ccccc1C. The highest BCUT2D eigenvalue weighted by Gasteiger charge is 2.08. The third kappa shape index (κ3) is 6.67. The maximum absolute atomic E-state index is 11.9. The van der Waals surface area contributed by atoms with Gasteiger partial charge in [-0.2, -0.15) is 5.10 Å². The number of rotatable bonds is 8. The first kappa shape index (κ1) is 19.7. The molecule has 0 fully saturated rings. The van der Waals surface area contributed by atoms with Crippen LogP contribution in [0.2, 0.25) is 0 Å². The number of carbonyl (C=O) groups is 2. The zero-order chi connectivity index (χ0) is 19.5. The second-order valence-corrected chi connectivity index (χ2v) is 5.69. The molecule has 2 aromatic rings. The van der Waals surface area contributed by atoms with Gasteiger partial charge >= 0.3 is 0 Å². The van der Waals surface area contributed by atoms with Gasteiger partial charge in [-0.05, 0) is 30.7 Å². The number of hydrogen-bond donors (Lipinski definition) is 2. The number of terminal acetylenes is 1. The second kappa shape index (κ2) is 10.4. The molecule has 27 heavy (non-hydrogen) atoms. The summed E-state index contributed by atoms with van der Waals surface area (Å²) in [6.45, 7) is 2.05. The molecule has 0 unspecified atom stereocenters. The maximum Gasteiger partial charge on any atom is 0.240 e. The number of anilines is 1. The minimum Gasteiger partial charge on any atom is -0.480 e. The van der Waals surface area contributed by atoms with E-state index < -0.39 is 0 Å². The summed E-state index contributed by atoms with van der Waals surface area (Å²) in [7, 11) is 0. The monoisotopic (exact) mass is 363 g/mol. The zero-order valence-electron chi connectivity index (χ0n) is 15.1. The predicted octanol–water partition coefficient (Wildman–Crippen LogP) is 2.88. The Balaban J connectivity index is 1.79. The van der Waals surface area contributed by atoms with Gasteiger partial charge in [-0.15, -0.1) is 6.42 Å². The van der Waals surface area contributed by atoms with Gasteiger partial charge in [0.05, 0.1) is 6.21 Å². The van der Waals surface area contributed by atoms with E-state index in [1.165, 1.54) is 6.21 Å². The van der Waals surface area contributed by atoms with Crippen LogP contribution in [0.3, 0.4) is 0 Å². The Kier molecular flexibility index (Phi) is 7.61. The van der Waals surface area contributed by atoms with E-state index in [1.54, 1.807) is 12.1 Å². The quantitative estimate of drug-likeness (QED) is 0.430. The fraction of sp³-hybridized carbons (Fsp3) is 0.190. The average Bonchev–Trinajstić information content (AvgIpc) is 2.67. The van der Waals surface area contributed by atoms with Crippen LogP contribution in [0, 0.1) is 19.3 Å². The van der Waals surface area contributed by atoms with Crippen molar-refractivity contribution in [3.8, 4) is 18.1 Å². The van der Waals surface area contributed by atoms with Crippen molar-refractivity contribution in [1.82, 2.24) is 5.43 Å². The summed E-state index contributed by atoms with van der Waals surface area (Å²) >= 11 is 0.